The van der Waals surface area contributed by atoms with Gasteiger partial charge in [0.1, 0.15) is 0 Å². The van der Waals surface area contributed by atoms with Crippen LogP contribution in [0.2, 0.25) is 0 Å². The van der Waals surface area contributed by atoms with Gasteiger partial charge in [0.25, 0.3) is 0 Å². The highest BCUT2D eigenvalue weighted by Gasteiger charge is 1.92. The van der Waals surface area contributed by atoms with Crippen LogP contribution >= 0.6 is 0 Å². The van der Waals surface area contributed by atoms with Crippen LogP contribution in [0.5, 0.6) is 0 Å². The molecule has 0 saturated carbocycles. The standard InChI is InChI=1S/C11H14N2/c1-3-4-8-12-9-11-7-5-6-10(2)13-11/h1,5-7,12H,4,8-9H2,2H3. The quantitative estimate of drug-likeness (QED) is 0.552. The number of nitrogens with one attached hydrogen (secondary N) is 1. The SMILES string of the molecule is C#CCCNCc1cccc(C)n1. The van der Waals surface area contributed by atoms with Gasteiger partial charge in [-0.05, 0) is 19.1 Å². The van der Waals surface area contributed by atoms with Crippen LogP contribution in [0.4, 0.5) is 0 Å². The van der Waals surface area contributed by atoms with Crippen molar-refractivity contribution in [1.29, 1.82) is 0 Å². The molecule has 1 N–H and O–H groups in total. The molecule has 0 aliphatic carbocycles. The average molecular weight is 174 g/mol. The van der Waals surface area contributed by atoms with Gasteiger partial charge in [0.05, 0.1) is 5.69 Å². The molecule has 0 radical (unpaired) electrons. The Labute approximate surface area is 79.4 Å². The summed E-state index contributed by atoms with van der Waals surface area (Å²) in [6, 6.07) is 6.02. The minimum Gasteiger partial charge on any atom is -0.310 e. The van der Waals surface area contributed by atoms with E-state index in [0.29, 0.717) is 0 Å². The maximum Gasteiger partial charge on any atom is 0.0544 e. The summed E-state index contributed by atoms with van der Waals surface area (Å²) in [5.74, 6) is 2.58. The third kappa shape index (κ3) is 3.73. The lowest BCUT2D eigenvalue weighted by atomic mass is 10.3. The molecule has 0 bridgehead atoms. The van der Waals surface area contributed by atoms with Crippen LogP contribution in [0.15, 0.2) is 18.2 Å². The third-order valence-electron chi connectivity index (χ3n) is 1.70. The van der Waals surface area contributed by atoms with Gasteiger partial charge < -0.3 is 5.32 Å². The summed E-state index contributed by atoms with van der Waals surface area (Å²) in [5.41, 5.74) is 2.12. The van der Waals surface area contributed by atoms with Crippen molar-refractivity contribution < 1.29 is 0 Å². The van der Waals surface area contributed by atoms with E-state index < -0.39 is 0 Å². The number of aryl methyl sites for hydroxylation is 1. The highest BCUT2D eigenvalue weighted by Crippen LogP contribution is 1.96. The summed E-state index contributed by atoms with van der Waals surface area (Å²) in [7, 11) is 0. The third-order valence-corrected chi connectivity index (χ3v) is 1.70. The topological polar surface area (TPSA) is 24.9 Å². The van der Waals surface area contributed by atoms with Gasteiger partial charge in [-0.3, -0.25) is 4.98 Å². The van der Waals surface area contributed by atoms with E-state index in [1.807, 2.05) is 25.1 Å². The second-order valence-corrected chi connectivity index (χ2v) is 2.90. The summed E-state index contributed by atoms with van der Waals surface area (Å²) in [5, 5.41) is 3.22. The van der Waals surface area contributed by atoms with E-state index in [2.05, 4.69) is 16.2 Å². The Morgan fingerprint density at radius 2 is 2.38 bits per heavy atom. The smallest absolute Gasteiger partial charge is 0.0544 e. The van der Waals surface area contributed by atoms with E-state index in [1.54, 1.807) is 0 Å². The van der Waals surface area contributed by atoms with Gasteiger partial charge in [0, 0.05) is 25.2 Å². The van der Waals surface area contributed by atoms with Crippen molar-refractivity contribution in [3.05, 3.63) is 29.6 Å². The zero-order chi connectivity index (χ0) is 9.52. The zero-order valence-corrected chi connectivity index (χ0v) is 7.88. The molecule has 68 valence electrons. The lowest BCUT2D eigenvalue weighted by molar-refractivity contribution is 0.686. The van der Waals surface area contributed by atoms with Gasteiger partial charge in [0.15, 0.2) is 0 Å². The lowest BCUT2D eigenvalue weighted by Gasteiger charge is -2.02. The largest absolute Gasteiger partial charge is 0.310 e. The van der Waals surface area contributed by atoms with Gasteiger partial charge >= 0.3 is 0 Å². The van der Waals surface area contributed by atoms with E-state index in [-0.39, 0.29) is 0 Å². The fourth-order valence-electron chi connectivity index (χ4n) is 1.07. The molecule has 1 rings (SSSR count). The van der Waals surface area contributed by atoms with E-state index in [9.17, 15) is 0 Å². The van der Waals surface area contributed by atoms with Crippen molar-refractivity contribution in [2.75, 3.05) is 6.54 Å². The van der Waals surface area contributed by atoms with Crippen LogP contribution in [-0.4, -0.2) is 11.5 Å². The minimum absolute atomic E-state index is 0.770. The van der Waals surface area contributed by atoms with Crippen molar-refractivity contribution in [2.45, 2.75) is 19.9 Å². The number of terminal acetylenes is 1. The van der Waals surface area contributed by atoms with E-state index in [4.69, 9.17) is 6.42 Å². The molecule has 0 aliphatic rings. The molecule has 2 nitrogen and oxygen atoms in total. The first kappa shape index (κ1) is 9.76. The summed E-state index contributed by atoms with van der Waals surface area (Å²) >= 11 is 0. The normalized spacial score (nSPS) is 9.54. The van der Waals surface area contributed by atoms with E-state index in [0.717, 1.165) is 30.9 Å². The molecule has 2 heteroatoms. The Morgan fingerprint density at radius 1 is 1.54 bits per heavy atom. The molecule has 0 aliphatic heterocycles. The second-order valence-electron chi connectivity index (χ2n) is 2.90. The molecule has 0 unspecified atom stereocenters. The van der Waals surface area contributed by atoms with Crippen LogP contribution in [0, 0.1) is 19.3 Å². The number of pyridine rings is 1. The monoisotopic (exact) mass is 174 g/mol. The molecule has 0 spiro atoms. The highest BCUT2D eigenvalue weighted by molar-refractivity contribution is 5.09. The Bertz CT molecular complexity index is 299. The number of hydrogen-bond donors (Lipinski definition) is 1. The molecule has 0 atom stereocenters. The van der Waals surface area contributed by atoms with Crippen LogP contribution in [-0.2, 0) is 6.54 Å². The van der Waals surface area contributed by atoms with Crippen LogP contribution in [0.3, 0.4) is 0 Å². The van der Waals surface area contributed by atoms with Crippen LogP contribution in [0.25, 0.3) is 0 Å². The fraction of sp³-hybridized carbons (Fsp3) is 0.364. The molecule has 0 fully saturated rings. The summed E-state index contributed by atoms with van der Waals surface area (Å²) < 4.78 is 0. The van der Waals surface area contributed by atoms with Gasteiger partial charge in [-0.25, -0.2) is 0 Å². The number of aromatic nitrogens is 1. The predicted octanol–water partition coefficient (Wildman–Crippen LogP) is 1.50. The number of hydrogen-bond acceptors (Lipinski definition) is 2. The molecule has 0 aromatic carbocycles. The molecule has 1 heterocycles. The number of rotatable bonds is 4. The van der Waals surface area contributed by atoms with Crippen molar-refractivity contribution >= 4 is 0 Å². The Morgan fingerprint density at radius 3 is 3.08 bits per heavy atom. The van der Waals surface area contributed by atoms with Crippen molar-refractivity contribution in [1.82, 2.24) is 10.3 Å². The van der Waals surface area contributed by atoms with Gasteiger partial charge in [-0.1, -0.05) is 6.07 Å². The van der Waals surface area contributed by atoms with Crippen LogP contribution in [0.1, 0.15) is 17.8 Å². The fourth-order valence-corrected chi connectivity index (χ4v) is 1.07. The molecule has 1 aromatic heterocycles. The molecular weight excluding hydrogens is 160 g/mol. The lowest BCUT2D eigenvalue weighted by Crippen LogP contribution is -2.15. The van der Waals surface area contributed by atoms with Crippen molar-refractivity contribution in [3.8, 4) is 12.3 Å². The molecule has 13 heavy (non-hydrogen) atoms. The molecule has 0 saturated heterocycles. The predicted molar refractivity (Wildman–Crippen MR) is 54.1 cm³/mol. The van der Waals surface area contributed by atoms with E-state index >= 15 is 0 Å². The minimum atomic E-state index is 0.770. The van der Waals surface area contributed by atoms with Gasteiger partial charge in [-0.15, -0.1) is 12.3 Å². The molecular formula is C11H14N2. The highest BCUT2D eigenvalue weighted by atomic mass is 14.9. The summed E-state index contributed by atoms with van der Waals surface area (Å²) in [6.45, 7) is 3.64. The first-order valence-corrected chi connectivity index (χ1v) is 4.39. The van der Waals surface area contributed by atoms with E-state index in [1.165, 1.54) is 0 Å². The summed E-state index contributed by atoms with van der Waals surface area (Å²) in [6.07, 6.45) is 5.90. The first-order valence-electron chi connectivity index (χ1n) is 4.39. The van der Waals surface area contributed by atoms with Crippen LogP contribution < -0.4 is 5.32 Å². The zero-order valence-electron chi connectivity index (χ0n) is 7.88. The Balaban J connectivity index is 2.33. The first-order chi connectivity index (χ1) is 6.33. The van der Waals surface area contributed by atoms with Gasteiger partial charge in [0.2, 0.25) is 0 Å². The maximum atomic E-state index is 5.13. The van der Waals surface area contributed by atoms with Gasteiger partial charge in [-0.2, -0.15) is 0 Å². The second kappa shape index (κ2) is 5.34. The Kier molecular flexibility index (Phi) is 4.01. The molecule has 1 aromatic rings. The summed E-state index contributed by atoms with van der Waals surface area (Å²) in [4.78, 5) is 4.36. The Hall–Kier alpha value is -1.33. The average Bonchev–Trinajstić information content (AvgIpc) is 2.13. The van der Waals surface area contributed by atoms with Crippen molar-refractivity contribution in [2.24, 2.45) is 0 Å². The maximum absolute atomic E-state index is 5.13. The number of nitrogens with zero attached hydrogens (tertiary/aromatic N) is 1. The molecule has 0 amide bonds. The van der Waals surface area contributed by atoms with Crippen molar-refractivity contribution in [3.63, 3.8) is 0 Å².